The number of aliphatic hydroxyl groups is 1. The predicted octanol–water partition coefficient (Wildman–Crippen LogP) is 12.9. The first-order valence-corrected chi connectivity index (χ1v) is 25.1. The molecule has 0 saturated heterocycles. The minimum Gasteiger partial charge on any atom is -0.756 e. The molecule has 0 rings (SSSR count). The summed E-state index contributed by atoms with van der Waals surface area (Å²) in [4.78, 5) is 25.3. The number of likely N-dealkylation sites (N-methyl/N-ethyl adjacent to an activating group) is 1. The predicted molar refractivity (Wildman–Crippen MR) is 256 cm³/mol. The highest BCUT2D eigenvalue weighted by Gasteiger charge is 2.23. The molecule has 0 aromatic carbocycles. The number of nitrogens with zero attached hydrogens (tertiary/aromatic N) is 1. The number of hydrogen-bond donors (Lipinski definition) is 2. The van der Waals surface area contributed by atoms with E-state index in [1.54, 1.807) is 6.08 Å². The second kappa shape index (κ2) is 41.8. The standard InChI is InChI=1S/C51H89N2O6P/c1-6-8-10-12-14-16-18-20-21-22-23-24-25-26-27-28-29-30-31-33-35-37-39-41-43-45-51(55)52-49(48-59-60(56,57)58-47-46-53(3,4)5)50(54)44-42-40-38-36-34-32-19-17-15-13-11-9-7-2/h8,10,14,16,20-21,23-24,26-27,29-30,34,36,42,44,49-50,54H,6-7,9,11-13,15,17-19,22,25,28,31-33,35,37-41,43,45-48H2,1-5H3,(H-,52,55,56,57)/b10-8-,16-14-,21-20-,24-23-,27-26-,30-29-,36-34+,44-42+. The minimum atomic E-state index is -4.61. The van der Waals surface area contributed by atoms with Gasteiger partial charge in [0.25, 0.3) is 7.82 Å². The molecule has 0 spiro atoms. The number of quaternary nitrogens is 1. The molecule has 0 aliphatic carbocycles. The number of allylic oxidation sites excluding steroid dienone is 15. The van der Waals surface area contributed by atoms with Crippen LogP contribution >= 0.6 is 7.82 Å². The first-order chi connectivity index (χ1) is 29.0. The quantitative estimate of drug-likeness (QED) is 0.0274. The minimum absolute atomic E-state index is 0.0151. The van der Waals surface area contributed by atoms with Crippen molar-refractivity contribution in [2.24, 2.45) is 0 Å². The molecule has 0 aliphatic rings. The third-order valence-corrected chi connectivity index (χ3v) is 10.7. The van der Waals surface area contributed by atoms with Crippen molar-refractivity contribution >= 4 is 13.7 Å². The molecule has 0 bridgehead atoms. The molecule has 344 valence electrons. The van der Waals surface area contributed by atoms with Gasteiger partial charge in [-0.1, -0.05) is 175 Å². The molecule has 3 atom stereocenters. The maximum Gasteiger partial charge on any atom is 0.268 e. The summed E-state index contributed by atoms with van der Waals surface area (Å²) in [5.41, 5.74) is 0. The summed E-state index contributed by atoms with van der Waals surface area (Å²) in [6, 6.07) is -0.917. The van der Waals surface area contributed by atoms with E-state index >= 15 is 0 Å². The highest BCUT2D eigenvalue weighted by molar-refractivity contribution is 7.45. The van der Waals surface area contributed by atoms with Gasteiger partial charge in [-0.05, 0) is 83.5 Å². The molecule has 1 amide bonds. The normalized spacial score (nSPS) is 15.1. The van der Waals surface area contributed by atoms with E-state index in [1.807, 2.05) is 27.2 Å². The Bertz CT molecular complexity index is 1290. The summed E-state index contributed by atoms with van der Waals surface area (Å²) in [5.74, 6) is -0.228. The zero-order chi connectivity index (χ0) is 44.3. The highest BCUT2D eigenvalue weighted by atomic mass is 31.2. The van der Waals surface area contributed by atoms with Crippen LogP contribution in [0, 0.1) is 0 Å². The molecule has 0 aromatic heterocycles. The van der Waals surface area contributed by atoms with Gasteiger partial charge in [-0.2, -0.15) is 0 Å². The lowest BCUT2D eigenvalue weighted by atomic mass is 10.1. The van der Waals surface area contributed by atoms with Gasteiger partial charge in [0, 0.05) is 6.42 Å². The van der Waals surface area contributed by atoms with E-state index in [-0.39, 0.29) is 12.5 Å². The van der Waals surface area contributed by atoms with E-state index in [4.69, 9.17) is 9.05 Å². The number of aliphatic hydroxyl groups excluding tert-OH is 1. The van der Waals surface area contributed by atoms with Gasteiger partial charge < -0.3 is 28.8 Å². The number of phosphoric ester groups is 1. The van der Waals surface area contributed by atoms with E-state index in [1.165, 1.54) is 44.9 Å². The van der Waals surface area contributed by atoms with E-state index in [9.17, 15) is 19.4 Å². The number of amides is 1. The zero-order valence-electron chi connectivity index (χ0n) is 38.9. The molecule has 0 fully saturated rings. The molecule has 0 heterocycles. The van der Waals surface area contributed by atoms with Crippen molar-refractivity contribution in [1.82, 2.24) is 5.32 Å². The van der Waals surface area contributed by atoms with Crippen LogP contribution in [0.2, 0.25) is 0 Å². The number of unbranched alkanes of at least 4 members (excludes halogenated alkanes) is 14. The fraction of sp³-hybridized carbons (Fsp3) is 0.667. The van der Waals surface area contributed by atoms with Crippen molar-refractivity contribution in [2.75, 3.05) is 40.9 Å². The van der Waals surface area contributed by atoms with Gasteiger partial charge in [0.05, 0.1) is 39.9 Å². The molecule has 60 heavy (non-hydrogen) atoms. The molecule has 3 unspecified atom stereocenters. The van der Waals surface area contributed by atoms with Gasteiger partial charge in [-0.15, -0.1) is 0 Å². The summed E-state index contributed by atoms with van der Waals surface area (Å²) >= 11 is 0. The van der Waals surface area contributed by atoms with Crippen molar-refractivity contribution < 1.29 is 32.9 Å². The van der Waals surface area contributed by atoms with Crippen molar-refractivity contribution in [1.29, 1.82) is 0 Å². The molecule has 0 aliphatic heterocycles. The van der Waals surface area contributed by atoms with Crippen molar-refractivity contribution in [2.45, 2.75) is 180 Å². The third-order valence-electron chi connectivity index (χ3n) is 9.78. The Morgan fingerprint density at radius 1 is 0.600 bits per heavy atom. The van der Waals surface area contributed by atoms with E-state index in [0.717, 1.165) is 103 Å². The Labute approximate surface area is 369 Å². The Morgan fingerprint density at radius 3 is 1.55 bits per heavy atom. The average molecular weight is 857 g/mol. The van der Waals surface area contributed by atoms with E-state index in [0.29, 0.717) is 17.4 Å². The summed E-state index contributed by atoms with van der Waals surface area (Å²) in [6.07, 6.45) is 58.9. The first-order valence-electron chi connectivity index (χ1n) is 23.6. The molecule has 0 aromatic rings. The number of hydrogen-bond acceptors (Lipinski definition) is 6. The second-order valence-corrected chi connectivity index (χ2v) is 18.1. The van der Waals surface area contributed by atoms with E-state index in [2.05, 4.69) is 104 Å². The Balaban J connectivity index is 4.40. The summed E-state index contributed by atoms with van der Waals surface area (Å²) in [6.45, 7) is 4.46. The monoisotopic (exact) mass is 857 g/mol. The zero-order valence-corrected chi connectivity index (χ0v) is 39.8. The van der Waals surface area contributed by atoms with Gasteiger partial charge in [0.2, 0.25) is 5.91 Å². The maximum atomic E-state index is 12.9. The molecule has 0 saturated carbocycles. The number of rotatable bonds is 41. The number of carbonyl (C=O) groups is 1. The number of nitrogens with one attached hydrogen (secondary N) is 1. The lowest BCUT2D eigenvalue weighted by Gasteiger charge is -2.29. The van der Waals surface area contributed by atoms with Crippen LogP contribution in [0.15, 0.2) is 97.2 Å². The van der Waals surface area contributed by atoms with Gasteiger partial charge in [-0.3, -0.25) is 9.36 Å². The van der Waals surface area contributed by atoms with Crippen LogP contribution in [0.3, 0.4) is 0 Å². The van der Waals surface area contributed by atoms with Crippen molar-refractivity contribution in [3.8, 4) is 0 Å². The van der Waals surface area contributed by atoms with Gasteiger partial charge in [0.15, 0.2) is 0 Å². The molecule has 2 N–H and O–H groups in total. The number of phosphoric acid groups is 1. The van der Waals surface area contributed by atoms with Crippen LogP contribution in [0.5, 0.6) is 0 Å². The lowest BCUT2D eigenvalue weighted by molar-refractivity contribution is -0.870. The van der Waals surface area contributed by atoms with Crippen LogP contribution in [0.4, 0.5) is 0 Å². The molecule has 9 heteroatoms. The lowest BCUT2D eigenvalue weighted by Crippen LogP contribution is -2.45. The van der Waals surface area contributed by atoms with Crippen LogP contribution in [0.25, 0.3) is 0 Å². The highest BCUT2D eigenvalue weighted by Crippen LogP contribution is 2.38. The first kappa shape index (κ1) is 57.4. The van der Waals surface area contributed by atoms with Crippen LogP contribution in [0.1, 0.15) is 168 Å². The van der Waals surface area contributed by atoms with Gasteiger partial charge in [0.1, 0.15) is 13.2 Å². The molecule has 0 radical (unpaired) electrons. The van der Waals surface area contributed by atoms with Crippen LogP contribution in [-0.2, 0) is 18.4 Å². The maximum absolute atomic E-state index is 12.9. The van der Waals surface area contributed by atoms with Crippen molar-refractivity contribution in [3.63, 3.8) is 0 Å². The summed E-state index contributed by atoms with van der Waals surface area (Å²) in [5, 5.41) is 13.7. The number of carbonyl (C=O) groups excluding carboxylic acids is 1. The Morgan fingerprint density at radius 2 is 1.03 bits per heavy atom. The summed E-state index contributed by atoms with van der Waals surface area (Å²) in [7, 11) is 1.21. The summed E-state index contributed by atoms with van der Waals surface area (Å²) < 4.78 is 23.2. The smallest absolute Gasteiger partial charge is 0.268 e. The Kier molecular flexibility index (Phi) is 40.0. The average Bonchev–Trinajstić information content (AvgIpc) is 3.20. The molecular weight excluding hydrogens is 768 g/mol. The molecular formula is C51H89N2O6P. The SMILES string of the molecule is CC/C=C\C/C=C\C/C=C\C/C=C\C/C=C\C/C=C\CCCCCCCCC(=O)NC(COP(=O)([O-])OCC[N+](C)(C)C)C(O)/C=C/CC/C=C/CCCCCCCCC. The third kappa shape index (κ3) is 43.5. The fourth-order valence-corrected chi connectivity index (χ4v) is 6.77. The van der Waals surface area contributed by atoms with Crippen LogP contribution in [-0.4, -0.2) is 68.5 Å². The largest absolute Gasteiger partial charge is 0.756 e. The second-order valence-electron chi connectivity index (χ2n) is 16.7. The topological polar surface area (TPSA) is 108 Å². The van der Waals surface area contributed by atoms with Gasteiger partial charge >= 0.3 is 0 Å². The van der Waals surface area contributed by atoms with E-state index < -0.39 is 26.6 Å². The fourth-order valence-electron chi connectivity index (χ4n) is 6.05. The molecule has 8 nitrogen and oxygen atoms in total. The van der Waals surface area contributed by atoms with Crippen LogP contribution < -0.4 is 10.2 Å². The van der Waals surface area contributed by atoms with Crippen molar-refractivity contribution in [3.05, 3.63) is 97.2 Å². The Hall–Kier alpha value is -2.58. The van der Waals surface area contributed by atoms with Gasteiger partial charge in [-0.25, -0.2) is 0 Å².